The van der Waals surface area contributed by atoms with Crippen LogP contribution in [0.2, 0.25) is 0 Å². The Morgan fingerprint density at radius 2 is 1.82 bits per heavy atom. The van der Waals surface area contributed by atoms with Crippen LogP contribution in [-0.2, 0) is 11.3 Å². The van der Waals surface area contributed by atoms with Gasteiger partial charge in [-0.05, 0) is 19.1 Å². The lowest BCUT2D eigenvalue weighted by atomic mass is 10.2. The average molecular weight is 317 g/mol. The molecule has 1 aromatic heterocycles. The highest BCUT2D eigenvalue weighted by molar-refractivity contribution is 7.07. The van der Waals surface area contributed by atoms with Crippen LogP contribution < -0.4 is 9.77 Å². The number of piperazine rings is 1. The Morgan fingerprint density at radius 3 is 2.41 bits per heavy atom. The maximum atomic E-state index is 12.4. The third-order valence-electron chi connectivity index (χ3n) is 4.02. The van der Waals surface area contributed by atoms with Crippen LogP contribution in [0.15, 0.2) is 40.5 Å². The first-order valence-electron chi connectivity index (χ1n) is 7.38. The van der Waals surface area contributed by atoms with E-state index >= 15 is 0 Å². The molecule has 1 aromatic carbocycles. The van der Waals surface area contributed by atoms with Crippen molar-refractivity contribution >= 4 is 22.9 Å². The molecule has 22 heavy (non-hydrogen) atoms. The van der Waals surface area contributed by atoms with Gasteiger partial charge in [0.05, 0.1) is 0 Å². The lowest BCUT2D eigenvalue weighted by Gasteiger charge is -2.36. The zero-order chi connectivity index (χ0) is 15.5. The number of thiazole rings is 1. The normalized spacial score (nSPS) is 15.1. The van der Waals surface area contributed by atoms with Gasteiger partial charge in [-0.25, -0.2) is 0 Å². The summed E-state index contributed by atoms with van der Waals surface area (Å²) < 4.78 is 1.55. The van der Waals surface area contributed by atoms with E-state index in [9.17, 15) is 9.59 Å². The maximum Gasteiger partial charge on any atom is 0.307 e. The van der Waals surface area contributed by atoms with Crippen LogP contribution >= 0.6 is 11.3 Å². The van der Waals surface area contributed by atoms with E-state index < -0.39 is 0 Å². The summed E-state index contributed by atoms with van der Waals surface area (Å²) in [6.07, 6.45) is 0. The number of aromatic nitrogens is 1. The van der Waals surface area contributed by atoms with Gasteiger partial charge in [-0.2, -0.15) is 0 Å². The van der Waals surface area contributed by atoms with E-state index in [2.05, 4.69) is 17.0 Å². The predicted molar refractivity (Wildman–Crippen MR) is 88.6 cm³/mol. The zero-order valence-electron chi connectivity index (χ0n) is 12.6. The van der Waals surface area contributed by atoms with Crippen LogP contribution in [0.3, 0.4) is 0 Å². The molecule has 116 valence electrons. The maximum absolute atomic E-state index is 12.4. The molecule has 0 atom stereocenters. The lowest BCUT2D eigenvalue weighted by Crippen LogP contribution is -2.50. The fourth-order valence-corrected chi connectivity index (χ4v) is 3.42. The van der Waals surface area contributed by atoms with Crippen molar-refractivity contribution < 1.29 is 4.79 Å². The zero-order valence-corrected chi connectivity index (χ0v) is 13.4. The van der Waals surface area contributed by atoms with Crippen molar-refractivity contribution in [1.82, 2.24) is 9.47 Å². The van der Waals surface area contributed by atoms with Gasteiger partial charge in [0.25, 0.3) is 0 Å². The molecular weight excluding hydrogens is 298 g/mol. The second kappa shape index (κ2) is 6.36. The van der Waals surface area contributed by atoms with Crippen molar-refractivity contribution in [3.63, 3.8) is 0 Å². The Labute approximate surface area is 133 Å². The number of aryl methyl sites for hydroxylation is 1. The summed E-state index contributed by atoms with van der Waals surface area (Å²) in [6.45, 7) is 5.07. The monoisotopic (exact) mass is 317 g/mol. The number of carbonyl (C=O) groups is 1. The molecule has 0 bridgehead atoms. The molecule has 1 amide bonds. The van der Waals surface area contributed by atoms with Gasteiger partial charge in [0.1, 0.15) is 6.54 Å². The van der Waals surface area contributed by atoms with Gasteiger partial charge >= 0.3 is 4.87 Å². The summed E-state index contributed by atoms with van der Waals surface area (Å²) >= 11 is 1.15. The number of para-hydroxylation sites is 1. The largest absolute Gasteiger partial charge is 0.368 e. The van der Waals surface area contributed by atoms with Crippen molar-refractivity contribution in [1.29, 1.82) is 0 Å². The summed E-state index contributed by atoms with van der Waals surface area (Å²) in [5.41, 5.74) is 2.05. The molecule has 1 fully saturated rings. The summed E-state index contributed by atoms with van der Waals surface area (Å²) in [4.78, 5) is 28.1. The highest BCUT2D eigenvalue weighted by Crippen LogP contribution is 2.15. The molecule has 0 spiro atoms. The molecule has 1 aliphatic rings. The minimum atomic E-state index is -0.0613. The van der Waals surface area contributed by atoms with Gasteiger partial charge in [-0.1, -0.05) is 29.5 Å². The second-order valence-electron chi connectivity index (χ2n) is 5.43. The number of carbonyl (C=O) groups excluding carboxylic acids is 1. The van der Waals surface area contributed by atoms with E-state index in [4.69, 9.17) is 0 Å². The second-order valence-corrected chi connectivity index (χ2v) is 6.25. The number of rotatable bonds is 3. The SMILES string of the molecule is Cc1csc(=O)n1CC(=O)N1CCN(c2ccccc2)CC1. The van der Waals surface area contributed by atoms with Crippen molar-refractivity contribution in [2.45, 2.75) is 13.5 Å². The van der Waals surface area contributed by atoms with E-state index in [1.165, 1.54) is 5.69 Å². The predicted octanol–water partition coefficient (Wildman–Crippen LogP) is 1.57. The van der Waals surface area contributed by atoms with Gasteiger partial charge in [0, 0.05) is 42.9 Å². The highest BCUT2D eigenvalue weighted by Gasteiger charge is 2.22. The highest BCUT2D eigenvalue weighted by atomic mass is 32.1. The van der Waals surface area contributed by atoms with Gasteiger partial charge in [0.2, 0.25) is 5.91 Å². The average Bonchev–Trinajstić information content (AvgIpc) is 2.88. The summed E-state index contributed by atoms with van der Waals surface area (Å²) in [7, 11) is 0. The quantitative estimate of drug-likeness (QED) is 0.863. The van der Waals surface area contributed by atoms with Gasteiger partial charge in [-0.3, -0.25) is 14.2 Å². The van der Waals surface area contributed by atoms with Crippen molar-refractivity contribution in [3.8, 4) is 0 Å². The molecule has 0 aliphatic carbocycles. The van der Waals surface area contributed by atoms with E-state index in [1.807, 2.05) is 30.0 Å². The molecule has 2 aromatic rings. The van der Waals surface area contributed by atoms with Crippen molar-refractivity contribution in [2.75, 3.05) is 31.1 Å². The van der Waals surface area contributed by atoms with E-state index in [0.717, 1.165) is 30.1 Å². The Bertz CT molecular complexity index is 700. The Hall–Kier alpha value is -2.08. The van der Waals surface area contributed by atoms with E-state index in [-0.39, 0.29) is 17.3 Å². The molecule has 1 aliphatic heterocycles. The molecule has 0 unspecified atom stereocenters. The number of anilines is 1. The molecule has 6 heteroatoms. The lowest BCUT2D eigenvalue weighted by molar-refractivity contribution is -0.132. The molecule has 0 saturated carbocycles. The fourth-order valence-electron chi connectivity index (χ4n) is 2.68. The van der Waals surface area contributed by atoms with Crippen LogP contribution in [-0.4, -0.2) is 41.6 Å². The van der Waals surface area contributed by atoms with E-state index in [0.29, 0.717) is 13.1 Å². The summed E-state index contributed by atoms with van der Waals surface area (Å²) in [6, 6.07) is 10.2. The summed E-state index contributed by atoms with van der Waals surface area (Å²) in [5.74, 6) is 0.0244. The van der Waals surface area contributed by atoms with Crippen LogP contribution in [0, 0.1) is 6.92 Å². The molecule has 1 saturated heterocycles. The number of hydrogen-bond donors (Lipinski definition) is 0. The van der Waals surface area contributed by atoms with Crippen LogP contribution in [0.1, 0.15) is 5.69 Å². The molecule has 2 heterocycles. The Morgan fingerprint density at radius 1 is 1.14 bits per heavy atom. The van der Waals surface area contributed by atoms with E-state index in [1.54, 1.807) is 9.95 Å². The van der Waals surface area contributed by atoms with Crippen LogP contribution in [0.4, 0.5) is 5.69 Å². The third kappa shape index (κ3) is 3.06. The molecule has 0 radical (unpaired) electrons. The standard InChI is InChI=1S/C16H19N3O2S/c1-13-12-22-16(21)19(13)11-15(20)18-9-7-17(8-10-18)14-5-3-2-4-6-14/h2-6,12H,7-11H2,1H3. The van der Waals surface area contributed by atoms with Gasteiger partial charge in [0.15, 0.2) is 0 Å². The fraction of sp³-hybridized carbons (Fsp3) is 0.375. The molecule has 0 N–H and O–H groups in total. The van der Waals surface area contributed by atoms with Gasteiger partial charge in [-0.15, -0.1) is 0 Å². The Kier molecular flexibility index (Phi) is 4.29. The van der Waals surface area contributed by atoms with Crippen LogP contribution in [0.5, 0.6) is 0 Å². The van der Waals surface area contributed by atoms with Crippen molar-refractivity contribution in [3.05, 3.63) is 51.1 Å². The molecule has 5 nitrogen and oxygen atoms in total. The van der Waals surface area contributed by atoms with Crippen molar-refractivity contribution in [2.24, 2.45) is 0 Å². The number of hydrogen-bond acceptors (Lipinski definition) is 4. The topological polar surface area (TPSA) is 45.6 Å². The summed E-state index contributed by atoms with van der Waals surface area (Å²) in [5, 5.41) is 1.79. The number of nitrogens with zero attached hydrogens (tertiary/aromatic N) is 3. The molecular formula is C16H19N3O2S. The minimum Gasteiger partial charge on any atom is -0.368 e. The first-order chi connectivity index (χ1) is 10.6. The number of benzene rings is 1. The Balaban J connectivity index is 1.59. The van der Waals surface area contributed by atoms with Gasteiger partial charge < -0.3 is 9.80 Å². The first-order valence-corrected chi connectivity index (χ1v) is 8.26. The number of amides is 1. The first kappa shape index (κ1) is 14.8. The van der Waals surface area contributed by atoms with Crippen LogP contribution in [0.25, 0.3) is 0 Å². The minimum absolute atomic E-state index is 0.0244. The third-order valence-corrected chi connectivity index (χ3v) is 4.90. The molecule has 3 rings (SSSR count). The smallest absolute Gasteiger partial charge is 0.307 e.